The molecule has 0 rings (SSSR count). The molecule has 0 aliphatic heterocycles. The minimum atomic E-state index is -2.22. The predicted octanol–water partition coefficient (Wildman–Crippen LogP) is 5.52. The molecule has 128 valence electrons. The van der Waals surface area contributed by atoms with Gasteiger partial charge in [0.1, 0.15) is 12.3 Å². The van der Waals surface area contributed by atoms with E-state index in [-0.39, 0.29) is 11.8 Å². The Kier molecular flexibility index (Phi) is 9.58. The number of rotatable bonds is 10. The van der Waals surface area contributed by atoms with Crippen LogP contribution in [0.5, 0.6) is 0 Å². The molecule has 0 bridgehead atoms. The summed E-state index contributed by atoms with van der Waals surface area (Å²) in [7, 11) is 0. The summed E-state index contributed by atoms with van der Waals surface area (Å²) in [5.41, 5.74) is -7.13. The molecule has 6 atom stereocenters. The van der Waals surface area contributed by atoms with Crippen LogP contribution in [-0.4, -0.2) is 46.6 Å². The third-order valence-corrected chi connectivity index (χ3v) is 4.54. The fourth-order valence-electron chi connectivity index (χ4n) is 1.85. The van der Waals surface area contributed by atoms with Crippen molar-refractivity contribution in [3.05, 3.63) is 0 Å². The van der Waals surface area contributed by atoms with Crippen molar-refractivity contribution >= 4 is 46.4 Å². The average molecular weight is 396 g/mol. The van der Waals surface area contributed by atoms with Crippen LogP contribution in [0.4, 0.5) is 17.6 Å². The van der Waals surface area contributed by atoms with Crippen LogP contribution in [0.3, 0.4) is 0 Å². The highest BCUT2D eigenvalue weighted by molar-refractivity contribution is 6.20. The maximum atomic E-state index is 13.4. The second-order valence-electron chi connectivity index (χ2n) is 5.38. The Labute approximate surface area is 142 Å². The predicted molar refractivity (Wildman–Crippen MR) is 79.9 cm³/mol. The van der Waals surface area contributed by atoms with E-state index < -0.39 is 47.6 Å². The minimum Gasteiger partial charge on any atom is -0.366 e. The van der Waals surface area contributed by atoms with E-state index in [4.69, 9.17) is 51.1 Å². The summed E-state index contributed by atoms with van der Waals surface area (Å²) in [5, 5.41) is 0. The van der Waals surface area contributed by atoms with Gasteiger partial charge in [-0.3, -0.25) is 0 Å². The first-order chi connectivity index (χ1) is 9.48. The lowest BCUT2D eigenvalue weighted by atomic mass is 9.96. The van der Waals surface area contributed by atoms with Crippen LogP contribution >= 0.6 is 46.4 Å². The van der Waals surface area contributed by atoms with Crippen molar-refractivity contribution < 1.29 is 22.3 Å². The third kappa shape index (κ3) is 7.78. The number of halogens is 8. The second kappa shape index (κ2) is 9.21. The van der Waals surface area contributed by atoms with E-state index in [1.54, 1.807) is 0 Å². The van der Waals surface area contributed by atoms with Crippen molar-refractivity contribution in [3.63, 3.8) is 0 Å². The molecule has 21 heavy (non-hydrogen) atoms. The van der Waals surface area contributed by atoms with Gasteiger partial charge in [0, 0.05) is 12.8 Å². The molecular weight excluding hydrogens is 378 g/mol. The summed E-state index contributed by atoms with van der Waals surface area (Å²) in [6.45, 7) is 2.83. The zero-order valence-corrected chi connectivity index (χ0v) is 14.6. The van der Waals surface area contributed by atoms with Gasteiger partial charge in [-0.1, -0.05) is 23.2 Å². The smallest absolute Gasteiger partial charge is 0.204 e. The maximum absolute atomic E-state index is 13.4. The van der Waals surface area contributed by atoms with Gasteiger partial charge in [-0.25, -0.2) is 17.6 Å². The molecule has 0 fully saturated rings. The van der Waals surface area contributed by atoms with Gasteiger partial charge in [0.15, 0.2) is 0 Å². The van der Waals surface area contributed by atoms with Crippen molar-refractivity contribution in [2.45, 2.75) is 61.5 Å². The zero-order valence-electron chi connectivity index (χ0n) is 11.6. The van der Waals surface area contributed by atoms with Gasteiger partial charge in [-0.05, 0) is 13.8 Å². The highest BCUT2D eigenvalue weighted by Crippen LogP contribution is 2.34. The Morgan fingerprint density at radius 1 is 0.810 bits per heavy atom. The third-order valence-electron chi connectivity index (χ3n) is 2.86. The van der Waals surface area contributed by atoms with E-state index in [0.29, 0.717) is 0 Å². The molecule has 1 nitrogen and oxygen atoms in total. The highest BCUT2D eigenvalue weighted by atomic mass is 35.5. The molecule has 0 radical (unpaired) electrons. The van der Waals surface area contributed by atoms with Crippen LogP contribution in [0.2, 0.25) is 0 Å². The van der Waals surface area contributed by atoms with Gasteiger partial charge in [0.2, 0.25) is 11.3 Å². The monoisotopic (exact) mass is 394 g/mol. The fourth-order valence-corrected chi connectivity index (χ4v) is 2.35. The van der Waals surface area contributed by atoms with Crippen LogP contribution < -0.4 is 0 Å². The van der Waals surface area contributed by atoms with Gasteiger partial charge in [0.05, 0.1) is 23.0 Å². The highest BCUT2D eigenvalue weighted by Gasteiger charge is 2.41. The molecule has 0 aromatic carbocycles. The van der Waals surface area contributed by atoms with Crippen LogP contribution in [0.1, 0.15) is 26.7 Å². The molecule has 0 spiro atoms. The summed E-state index contributed by atoms with van der Waals surface area (Å²) >= 11 is 21.5. The molecule has 6 unspecified atom stereocenters. The first-order valence-electron chi connectivity index (χ1n) is 6.15. The Bertz CT molecular complexity index is 283. The lowest BCUT2D eigenvalue weighted by molar-refractivity contribution is -0.141. The van der Waals surface area contributed by atoms with Crippen molar-refractivity contribution in [2.24, 2.45) is 0 Å². The molecule has 0 saturated carbocycles. The van der Waals surface area contributed by atoms with E-state index >= 15 is 0 Å². The Morgan fingerprint density at radius 2 is 1.10 bits per heavy atom. The first-order valence-corrected chi connectivity index (χ1v) is 8.09. The SMILES string of the molecule is CC(CCl)(CC(F)C(F)Cl)OC(C)(CCl)CC(F)C(F)Cl. The van der Waals surface area contributed by atoms with Crippen LogP contribution in [0.15, 0.2) is 0 Å². The van der Waals surface area contributed by atoms with E-state index in [1.807, 2.05) is 0 Å². The first kappa shape index (κ1) is 21.8. The summed E-state index contributed by atoms with van der Waals surface area (Å²) in [6.07, 6.45) is -4.94. The lowest BCUT2D eigenvalue weighted by Gasteiger charge is -2.40. The summed E-state index contributed by atoms with van der Waals surface area (Å²) < 4.78 is 57.9. The number of hydrogen-bond donors (Lipinski definition) is 0. The minimum absolute atomic E-state index is 0.208. The maximum Gasteiger partial charge on any atom is 0.204 e. The zero-order chi connectivity index (χ0) is 16.8. The normalized spacial score (nSPS) is 23.7. The van der Waals surface area contributed by atoms with Gasteiger partial charge in [-0.2, -0.15) is 0 Å². The molecule has 0 aliphatic rings. The van der Waals surface area contributed by atoms with Crippen molar-refractivity contribution in [3.8, 4) is 0 Å². The lowest BCUT2D eigenvalue weighted by Crippen LogP contribution is -2.47. The van der Waals surface area contributed by atoms with E-state index in [9.17, 15) is 17.6 Å². The van der Waals surface area contributed by atoms with Gasteiger partial charge < -0.3 is 4.74 Å². The number of alkyl halides is 8. The molecule has 0 heterocycles. The molecule has 0 amide bonds. The molecule has 0 saturated heterocycles. The Morgan fingerprint density at radius 3 is 1.29 bits per heavy atom. The van der Waals surface area contributed by atoms with Crippen molar-refractivity contribution in [2.75, 3.05) is 11.8 Å². The van der Waals surface area contributed by atoms with Crippen molar-refractivity contribution in [1.82, 2.24) is 0 Å². The van der Waals surface area contributed by atoms with Gasteiger partial charge >= 0.3 is 0 Å². The molecule has 0 aliphatic carbocycles. The van der Waals surface area contributed by atoms with Gasteiger partial charge in [-0.15, -0.1) is 23.2 Å². The molecule has 0 aromatic rings. The average Bonchev–Trinajstić information content (AvgIpc) is 2.37. The van der Waals surface area contributed by atoms with Crippen LogP contribution in [0, 0.1) is 0 Å². The van der Waals surface area contributed by atoms with Crippen LogP contribution in [0.25, 0.3) is 0 Å². The quantitative estimate of drug-likeness (QED) is 0.349. The molecular formula is C12H18Cl4F4O. The molecule has 9 heteroatoms. The summed E-state index contributed by atoms with van der Waals surface area (Å²) in [4.78, 5) is 0. The topological polar surface area (TPSA) is 9.23 Å². The number of ether oxygens (including phenoxy) is 1. The van der Waals surface area contributed by atoms with E-state index in [0.717, 1.165) is 0 Å². The van der Waals surface area contributed by atoms with E-state index in [1.165, 1.54) is 13.8 Å². The Hall–Kier alpha value is 0.840. The van der Waals surface area contributed by atoms with E-state index in [2.05, 4.69) is 0 Å². The van der Waals surface area contributed by atoms with Gasteiger partial charge in [0.25, 0.3) is 0 Å². The summed E-state index contributed by atoms with van der Waals surface area (Å²) in [6, 6.07) is 0. The Balaban J connectivity index is 4.95. The van der Waals surface area contributed by atoms with Crippen molar-refractivity contribution in [1.29, 1.82) is 0 Å². The standard InChI is InChI=1S/C12H18Cl4F4O/c1-11(5-13,3-7(17)9(15)19)21-12(2,6-14)4-8(18)10(16)20/h7-10H,3-6H2,1-2H3. The largest absolute Gasteiger partial charge is 0.366 e. The molecule has 0 N–H and O–H groups in total. The summed E-state index contributed by atoms with van der Waals surface area (Å²) in [5.74, 6) is -0.416. The molecule has 0 aromatic heterocycles. The fraction of sp³-hybridized carbons (Fsp3) is 1.00. The van der Waals surface area contributed by atoms with Crippen LogP contribution in [-0.2, 0) is 4.74 Å². The second-order valence-corrected chi connectivity index (χ2v) is 6.75. The number of hydrogen-bond acceptors (Lipinski definition) is 1.